The van der Waals surface area contributed by atoms with Crippen molar-refractivity contribution in [1.29, 1.82) is 0 Å². The summed E-state index contributed by atoms with van der Waals surface area (Å²) in [5.74, 6) is 0.466. The third-order valence-electron chi connectivity index (χ3n) is 5.79. The standard InChI is InChI=1S/C21H28N4O/c26-21(25-12-5-4-10-20(25)19-13-22-23-14-19)18-9-6-11-24(16-18)15-17-7-2-1-3-8-17/h1-3,7-8,13-14,18,20H,4-6,9-12,15-16H2,(H,22,23). The number of aromatic nitrogens is 2. The van der Waals surface area contributed by atoms with Gasteiger partial charge in [-0.05, 0) is 44.2 Å². The minimum Gasteiger partial charge on any atom is -0.335 e. The quantitative estimate of drug-likeness (QED) is 0.918. The lowest BCUT2D eigenvalue weighted by molar-refractivity contribution is -0.141. The maximum Gasteiger partial charge on any atom is 0.227 e. The zero-order valence-corrected chi connectivity index (χ0v) is 15.3. The molecule has 2 fully saturated rings. The number of carbonyl (C=O) groups is 1. The Labute approximate surface area is 155 Å². The van der Waals surface area contributed by atoms with Crippen LogP contribution in [0.25, 0.3) is 0 Å². The van der Waals surface area contributed by atoms with Crippen molar-refractivity contribution in [1.82, 2.24) is 20.0 Å². The van der Waals surface area contributed by atoms with Crippen LogP contribution in [0.1, 0.15) is 49.3 Å². The van der Waals surface area contributed by atoms with Gasteiger partial charge in [-0.2, -0.15) is 5.10 Å². The van der Waals surface area contributed by atoms with Crippen LogP contribution in [0.5, 0.6) is 0 Å². The summed E-state index contributed by atoms with van der Waals surface area (Å²) in [4.78, 5) is 17.9. The highest BCUT2D eigenvalue weighted by Gasteiger charge is 2.34. The highest BCUT2D eigenvalue weighted by atomic mass is 16.2. The number of carbonyl (C=O) groups excluding carboxylic acids is 1. The van der Waals surface area contributed by atoms with Gasteiger partial charge in [0, 0.05) is 31.4 Å². The summed E-state index contributed by atoms with van der Waals surface area (Å²) >= 11 is 0. The number of rotatable bonds is 4. The molecule has 5 heteroatoms. The third kappa shape index (κ3) is 3.83. The van der Waals surface area contributed by atoms with Gasteiger partial charge in [-0.3, -0.25) is 14.8 Å². The summed E-state index contributed by atoms with van der Waals surface area (Å²) in [7, 11) is 0. The molecule has 4 rings (SSSR count). The van der Waals surface area contributed by atoms with Crippen LogP contribution in [-0.2, 0) is 11.3 Å². The minimum absolute atomic E-state index is 0.125. The second-order valence-electron chi connectivity index (χ2n) is 7.63. The van der Waals surface area contributed by atoms with E-state index in [0.29, 0.717) is 5.91 Å². The SMILES string of the molecule is O=C(C1CCCN(Cc2ccccc2)C1)N1CCCCC1c1cn[nH]c1. The van der Waals surface area contributed by atoms with Crippen LogP contribution in [0.2, 0.25) is 0 Å². The van der Waals surface area contributed by atoms with Gasteiger partial charge in [-0.1, -0.05) is 30.3 Å². The summed E-state index contributed by atoms with van der Waals surface area (Å²) in [6.45, 7) is 3.78. The first kappa shape index (κ1) is 17.3. The predicted octanol–water partition coefficient (Wildman–Crippen LogP) is 3.38. The van der Waals surface area contributed by atoms with Crippen LogP contribution in [-0.4, -0.2) is 45.5 Å². The summed E-state index contributed by atoms with van der Waals surface area (Å²) in [5.41, 5.74) is 2.48. The Bertz CT molecular complexity index is 700. The van der Waals surface area contributed by atoms with Gasteiger partial charge in [0.15, 0.2) is 0 Å². The number of benzene rings is 1. The van der Waals surface area contributed by atoms with Crippen molar-refractivity contribution >= 4 is 5.91 Å². The molecule has 2 aliphatic rings. The maximum atomic E-state index is 13.3. The molecular formula is C21H28N4O. The zero-order chi connectivity index (χ0) is 17.8. The number of aromatic amines is 1. The molecule has 2 saturated heterocycles. The average molecular weight is 352 g/mol. The van der Waals surface area contributed by atoms with Crippen molar-refractivity contribution in [2.45, 2.75) is 44.7 Å². The summed E-state index contributed by atoms with van der Waals surface area (Å²) in [5, 5.41) is 7.00. The lowest BCUT2D eigenvalue weighted by Crippen LogP contribution is -2.47. The molecule has 2 aliphatic heterocycles. The fourth-order valence-electron chi connectivity index (χ4n) is 4.46. The number of H-pyrrole nitrogens is 1. The summed E-state index contributed by atoms with van der Waals surface area (Å²) in [6, 6.07) is 10.8. The average Bonchev–Trinajstić information content (AvgIpc) is 3.23. The smallest absolute Gasteiger partial charge is 0.227 e. The second-order valence-corrected chi connectivity index (χ2v) is 7.63. The lowest BCUT2D eigenvalue weighted by atomic mass is 9.91. The lowest BCUT2D eigenvalue weighted by Gasteiger charge is -2.40. The topological polar surface area (TPSA) is 52.2 Å². The Morgan fingerprint density at radius 1 is 1.12 bits per heavy atom. The molecular weight excluding hydrogens is 324 g/mol. The van der Waals surface area contributed by atoms with Gasteiger partial charge in [-0.25, -0.2) is 0 Å². The number of piperidine rings is 2. The van der Waals surface area contributed by atoms with Crippen molar-refractivity contribution in [2.24, 2.45) is 5.92 Å². The monoisotopic (exact) mass is 352 g/mol. The van der Waals surface area contributed by atoms with Crippen molar-refractivity contribution in [3.05, 3.63) is 53.9 Å². The van der Waals surface area contributed by atoms with E-state index in [1.54, 1.807) is 0 Å². The van der Waals surface area contributed by atoms with Gasteiger partial charge in [-0.15, -0.1) is 0 Å². The van der Waals surface area contributed by atoms with Crippen molar-refractivity contribution < 1.29 is 4.79 Å². The number of nitrogens with one attached hydrogen (secondary N) is 1. The van der Waals surface area contributed by atoms with Crippen LogP contribution in [0.4, 0.5) is 0 Å². The van der Waals surface area contributed by atoms with E-state index >= 15 is 0 Å². The molecule has 5 nitrogen and oxygen atoms in total. The molecule has 138 valence electrons. The Kier molecular flexibility index (Phi) is 5.34. The van der Waals surface area contributed by atoms with Crippen molar-refractivity contribution in [3.8, 4) is 0 Å². The van der Waals surface area contributed by atoms with E-state index in [-0.39, 0.29) is 12.0 Å². The molecule has 1 aromatic heterocycles. The van der Waals surface area contributed by atoms with Crippen molar-refractivity contribution in [2.75, 3.05) is 19.6 Å². The fourth-order valence-corrected chi connectivity index (χ4v) is 4.46. The van der Waals surface area contributed by atoms with Crippen LogP contribution in [0.3, 0.4) is 0 Å². The molecule has 1 N–H and O–H groups in total. The molecule has 0 bridgehead atoms. The second kappa shape index (κ2) is 8.04. The fraction of sp³-hybridized carbons (Fsp3) is 0.524. The van der Waals surface area contributed by atoms with Gasteiger partial charge in [0.05, 0.1) is 18.2 Å². The molecule has 2 aromatic rings. The van der Waals surface area contributed by atoms with Gasteiger partial charge >= 0.3 is 0 Å². The van der Waals surface area contributed by atoms with Crippen LogP contribution < -0.4 is 0 Å². The number of hydrogen-bond acceptors (Lipinski definition) is 3. The zero-order valence-electron chi connectivity index (χ0n) is 15.3. The number of nitrogens with zero attached hydrogens (tertiary/aromatic N) is 3. The Morgan fingerprint density at radius 2 is 2.00 bits per heavy atom. The molecule has 0 spiro atoms. The first-order valence-corrected chi connectivity index (χ1v) is 9.87. The Hall–Kier alpha value is -2.14. The maximum absolute atomic E-state index is 13.3. The normalized spacial score (nSPS) is 24.5. The van der Waals surface area contributed by atoms with Gasteiger partial charge in [0.1, 0.15) is 0 Å². The largest absolute Gasteiger partial charge is 0.335 e. The van der Waals surface area contributed by atoms with E-state index in [4.69, 9.17) is 0 Å². The van der Waals surface area contributed by atoms with E-state index in [9.17, 15) is 4.79 Å². The van der Waals surface area contributed by atoms with Gasteiger partial charge in [0.25, 0.3) is 0 Å². The van der Waals surface area contributed by atoms with E-state index in [2.05, 4.69) is 50.3 Å². The first-order valence-electron chi connectivity index (χ1n) is 9.87. The van der Waals surface area contributed by atoms with Crippen LogP contribution >= 0.6 is 0 Å². The Balaban J connectivity index is 1.43. The predicted molar refractivity (Wildman–Crippen MR) is 101 cm³/mol. The number of likely N-dealkylation sites (tertiary alicyclic amines) is 2. The molecule has 2 atom stereocenters. The van der Waals surface area contributed by atoms with E-state index < -0.39 is 0 Å². The molecule has 0 radical (unpaired) electrons. The van der Waals surface area contributed by atoms with E-state index in [0.717, 1.165) is 57.4 Å². The van der Waals surface area contributed by atoms with Crippen molar-refractivity contribution in [3.63, 3.8) is 0 Å². The van der Waals surface area contributed by atoms with E-state index in [1.165, 1.54) is 12.0 Å². The molecule has 1 amide bonds. The number of hydrogen-bond donors (Lipinski definition) is 1. The molecule has 26 heavy (non-hydrogen) atoms. The summed E-state index contributed by atoms with van der Waals surface area (Å²) < 4.78 is 0. The van der Waals surface area contributed by atoms with Crippen LogP contribution in [0.15, 0.2) is 42.7 Å². The third-order valence-corrected chi connectivity index (χ3v) is 5.79. The van der Waals surface area contributed by atoms with Crippen LogP contribution in [0, 0.1) is 5.92 Å². The minimum atomic E-state index is 0.125. The molecule has 1 aromatic carbocycles. The number of amides is 1. The molecule has 2 unspecified atom stereocenters. The molecule has 3 heterocycles. The van der Waals surface area contributed by atoms with E-state index in [1.807, 2.05) is 12.4 Å². The van der Waals surface area contributed by atoms with Gasteiger partial charge in [0.2, 0.25) is 5.91 Å². The van der Waals surface area contributed by atoms with Gasteiger partial charge < -0.3 is 4.90 Å². The molecule has 0 aliphatic carbocycles. The Morgan fingerprint density at radius 3 is 2.81 bits per heavy atom. The molecule has 0 saturated carbocycles. The summed E-state index contributed by atoms with van der Waals surface area (Å²) in [6.07, 6.45) is 9.28. The highest BCUT2D eigenvalue weighted by Crippen LogP contribution is 2.33. The highest BCUT2D eigenvalue weighted by molar-refractivity contribution is 5.79. The first-order chi connectivity index (χ1) is 12.8.